The van der Waals surface area contributed by atoms with E-state index in [4.69, 9.17) is 0 Å². The average Bonchev–Trinajstić information content (AvgIpc) is 2.96. The van der Waals surface area contributed by atoms with Crippen LogP contribution in [-0.2, 0) is 0 Å². The van der Waals surface area contributed by atoms with E-state index in [1.165, 1.54) is 44.1 Å². The van der Waals surface area contributed by atoms with Gasteiger partial charge in [0.25, 0.3) is 0 Å². The van der Waals surface area contributed by atoms with Gasteiger partial charge in [-0.15, -0.1) is 0 Å². The highest BCUT2D eigenvalue weighted by Crippen LogP contribution is 2.72. The molecule has 0 aromatic heterocycles. The van der Waals surface area contributed by atoms with E-state index in [0.717, 1.165) is 19.3 Å². The molecule has 8 atom stereocenters. The standard InChI is InChI=1S/C30H50O2/c1-19(2)17-21(31)18-20(3)22-11-15-30(8)24-9-10-25-27(4,5)26(32)13-14-28(25,6)23(24)12-16-29(22,30)7/h17,20-22,25-26,31-32H,9-16,18H2,1-8H3/t20-,21-,22-,25+,26+,28-,29-,30+/m1/s1. The van der Waals surface area contributed by atoms with Crippen LogP contribution in [0, 0.1) is 39.4 Å². The van der Waals surface area contributed by atoms with Gasteiger partial charge < -0.3 is 10.2 Å². The molecule has 0 aromatic carbocycles. The molecule has 0 radical (unpaired) electrons. The van der Waals surface area contributed by atoms with Gasteiger partial charge in [0.05, 0.1) is 12.2 Å². The summed E-state index contributed by atoms with van der Waals surface area (Å²) in [5.41, 5.74) is 5.75. The number of allylic oxidation sites excluding steroid dienone is 3. The smallest absolute Gasteiger partial charge is 0.0726 e. The molecule has 2 N–H and O–H groups in total. The molecule has 0 aliphatic heterocycles. The van der Waals surface area contributed by atoms with E-state index in [1.54, 1.807) is 5.57 Å². The summed E-state index contributed by atoms with van der Waals surface area (Å²) in [5, 5.41) is 21.4. The van der Waals surface area contributed by atoms with Gasteiger partial charge in [0.15, 0.2) is 0 Å². The van der Waals surface area contributed by atoms with Crippen molar-refractivity contribution in [2.75, 3.05) is 0 Å². The highest BCUT2D eigenvalue weighted by molar-refractivity contribution is 5.38. The van der Waals surface area contributed by atoms with Crippen molar-refractivity contribution in [3.63, 3.8) is 0 Å². The molecule has 2 heteroatoms. The molecule has 0 heterocycles. The van der Waals surface area contributed by atoms with Crippen LogP contribution in [0.1, 0.15) is 113 Å². The zero-order valence-corrected chi connectivity index (χ0v) is 22.2. The molecule has 0 unspecified atom stereocenters. The molecule has 0 amide bonds. The molecule has 2 nitrogen and oxygen atoms in total. The van der Waals surface area contributed by atoms with Crippen LogP contribution in [-0.4, -0.2) is 22.4 Å². The van der Waals surface area contributed by atoms with Crippen molar-refractivity contribution in [1.29, 1.82) is 0 Å². The molecule has 32 heavy (non-hydrogen) atoms. The first-order chi connectivity index (χ1) is 14.8. The molecule has 0 saturated heterocycles. The van der Waals surface area contributed by atoms with Crippen LogP contribution in [0.5, 0.6) is 0 Å². The summed E-state index contributed by atoms with van der Waals surface area (Å²) in [4.78, 5) is 0. The second-order valence-electron chi connectivity index (χ2n) is 13.8. The van der Waals surface area contributed by atoms with Gasteiger partial charge in [-0.2, -0.15) is 0 Å². The molecule has 0 bridgehead atoms. The van der Waals surface area contributed by atoms with E-state index in [-0.39, 0.29) is 23.0 Å². The fourth-order valence-electron chi connectivity index (χ4n) is 9.63. The lowest BCUT2D eigenvalue weighted by Gasteiger charge is -2.62. The third-order valence-electron chi connectivity index (χ3n) is 11.6. The number of hydrogen-bond donors (Lipinski definition) is 2. The summed E-state index contributed by atoms with van der Waals surface area (Å²) >= 11 is 0. The van der Waals surface area contributed by atoms with E-state index < -0.39 is 0 Å². The predicted octanol–water partition coefficient (Wildman–Crippen LogP) is 7.45. The van der Waals surface area contributed by atoms with Gasteiger partial charge >= 0.3 is 0 Å². The fourth-order valence-corrected chi connectivity index (χ4v) is 9.63. The van der Waals surface area contributed by atoms with Crippen molar-refractivity contribution >= 4 is 0 Å². The lowest BCUT2D eigenvalue weighted by atomic mass is 9.43. The second-order valence-corrected chi connectivity index (χ2v) is 13.8. The van der Waals surface area contributed by atoms with Crippen LogP contribution in [0.4, 0.5) is 0 Å². The van der Waals surface area contributed by atoms with Crippen molar-refractivity contribution in [1.82, 2.24) is 0 Å². The van der Waals surface area contributed by atoms with Crippen molar-refractivity contribution in [3.8, 4) is 0 Å². The van der Waals surface area contributed by atoms with Crippen LogP contribution in [0.15, 0.2) is 22.8 Å². The number of rotatable bonds is 4. The van der Waals surface area contributed by atoms with Crippen molar-refractivity contribution < 1.29 is 10.2 Å². The van der Waals surface area contributed by atoms with Gasteiger partial charge in [-0.1, -0.05) is 64.3 Å². The van der Waals surface area contributed by atoms with Gasteiger partial charge in [-0.3, -0.25) is 0 Å². The van der Waals surface area contributed by atoms with Crippen LogP contribution in [0.3, 0.4) is 0 Å². The van der Waals surface area contributed by atoms with Gasteiger partial charge in [-0.25, -0.2) is 0 Å². The SMILES string of the molecule is CC(C)=C[C@@H](O)C[C@@H](C)[C@H]1CC[C@@]2(C)C3=C(CC[C@]12C)[C@@]1(C)CC[C@H](O)C(C)(C)[C@@H]1CC3. The van der Waals surface area contributed by atoms with Crippen LogP contribution < -0.4 is 0 Å². The Morgan fingerprint density at radius 2 is 1.66 bits per heavy atom. The zero-order chi connectivity index (χ0) is 23.7. The van der Waals surface area contributed by atoms with E-state index in [9.17, 15) is 10.2 Å². The first-order valence-electron chi connectivity index (χ1n) is 13.5. The molecule has 2 saturated carbocycles. The van der Waals surface area contributed by atoms with Crippen LogP contribution in [0.2, 0.25) is 0 Å². The predicted molar refractivity (Wildman–Crippen MR) is 134 cm³/mol. The Morgan fingerprint density at radius 3 is 2.31 bits per heavy atom. The number of hydrogen-bond acceptors (Lipinski definition) is 2. The number of aliphatic hydroxyl groups is 2. The summed E-state index contributed by atoms with van der Waals surface area (Å²) in [6, 6.07) is 0. The Hall–Kier alpha value is -0.600. The Labute approximate surface area is 198 Å². The maximum Gasteiger partial charge on any atom is 0.0726 e. The molecule has 0 spiro atoms. The number of fused-ring (bicyclic) bond motifs is 4. The van der Waals surface area contributed by atoms with Gasteiger partial charge in [0.1, 0.15) is 0 Å². The summed E-state index contributed by atoms with van der Waals surface area (Å²) in [6.07, 6.45) is 12.2. The molecule has 2 fully saturated rings. The van der Waals surface area contributed by atoms with Gasteiger partial charge in [0.2, 0.25) is 0 Å². The minimum atomic E-state index is -0.311. The Kier molecular flexibility index (Phi) is 6.11. The van der Waals surface area contributed by atoms with E-state index in [2.05, 4.69) is 55.4 Å². The third-order valence-corrected chi connectivity index (χ3v) is 11.6. The Balaban J connectivity index is 1.65. The fraction of sp³-hybridized carbons (Fsp3) is 0.867. The van der Waals surface area contributed by atoms with Gasteiger partial charge in [0, 0.05) is 0 Å². The first-order valence-corrected chi connectivity index (χ1v) is 13.5. The normalized spacial score (nSPS) is 44.9. The maximum atomic E-state index is 10.8. The van der Waals surface area contributed by atoms with E-state index in [0.29, 0.717) is 28.6 Å². The van der Waals surface area contributed by atoms with Crippen LogP contribution in [0.25, 0.3) is 0 Å². The molecular formula is C30H50O2. The van der Waals surface area contributed by atoms with E-state index in [1.807, 2.05) is 11.6 Å². The van der Waals surface area contributed by atoms with Crippen molar-refractivity contribution in [2.24, 2.45) is 39.4 Å². The molecule has 4 aliphatic rings. The summed E-state index contributed by atoms with van der Waals surface area (Å²) in [6.45, 7) is 19.0. The molecular weight excluding hydrogens is 392 g/mol. The van der Waals surface area contributed by atoms with Crippen molar-refractivity contribution in [3.05, 3.63) is 22.8 Å². The topological polar surface area (TPSA) is 40.5 Å². The highest BCUT2D eigenvalue weighted by Gasteiger charge is 2.63. The average molecular weight is 443 g/mol. The highest BCUT2D eigenvalue weighted by atomic mass is 16.3. The van der Waals surface area contributed by atoms with Crippen molar-refractivity contribution in [2.45, 2.75) is 125 Å². The number of aliphatic hydroxyl groups excluding tert-OH is 2. The second kappa shape index (κ2) is 7.98. The summed E-state index contributed by atoms with van der Waals surface area (Å²) in [5.74, 6) is 1.84. The largest absolute Gasteiger partial charge is 0.393 e. The molecule has 0 aromatic rings. The summed E-state index contributed by atoms with van der Waals surface area (Å²) < 4.78 is 0. The Bertz CT molecular complexity index is 802. The lowest BCUT2D eigenvalue weighted by Crippen LogP contribution is -2.55. The lowest BCUT2D eigenvalue weighted by molar-refractivity contribution is -0.0963. The van der Waals surface area contributed by atoms with Gasteiger partial charge in [-0.05, 0) is 111 Å². The molecule has 4 rings (SSSR count). The minimum absolute atomic E-state index is 0.0149. The monoisotopic (exact) mass is 442 g/mol. The third kappa shape index (κ3) is 3.41. The van der Waals surface area contributed by atoms with E-state index >= 15 is 0 Å². The minimum Gasteiger partial charge on any atom is -0.393 e. The maximum absolute atomic E-state index is 10.8. The zero-order valence-electron chi connectivity index (χ0n) is 22.2. The van der Waals surface area contributed by atoms with Crippen LogP contribution >= 0.6 is 0 Å². The Morgan fingerprint density at radius 1 is 0.969 bits per heavy atom. The first kappa shape index (κ1) is 24.5. The summed E-state index contributed by atoms with van der Waals surface area (Å²) in [7, 11) is 0. The molecule has 182 valence electrons. The molecule has 4 aliphatic carbocycles. The quantitative estimate of drug-likeness (QED) is 0.444.